The Balaban J connectivity index is 3.31. The van der Waals surface area contributed by atoms with Gasteiger partial charge in [0, 0.05) is 33.2 Å². The molecule has 6 nitrogen and oxygen atoms in total. The van der Waals surface area contributed by atoms with Crippen LogP contribution in [-0.4, -0.2) is 60.7 Å². The first kappa shape index (κ1) is 28.3. The summed E-state index contributed by atoms with van der Waals surface area (Å²) in [6.07, 6.45) is -0.0358. The fourth-order valence-electron chi connectivity index (χ4n) is 2.99. The maximum Gasteiger partial charge on any atom is 0.243 e. The van der Waals surface area contributed by atoms with E-state index < -0.39 is 24.6 Å². The van der Waals surface area contributed by atoms with Crippen molar-refractivity contribution < 1.29 is 22.3 Å². The normalized spacial score (nSPS) is 14.6. The van der Waals surface area contributed by atoms with Gasteiger partial charge in [-0.2, -0.15) is 4.31 Å². The van der Waals surface area contributed by atoms with Gasteiger partial charge in [0.15, 0.2) is 14.6 Å². The first-order chi connectivity index (χ1) is 14.2. The predicted molar refractivity (Wildman–Crippen MR) is 129 cm³/mol. The van der Waals surface area contributed by atoms with Crippen LogP contribution in [0.5, 0.6) is 0 Å². The van der Waals surface area contributed by atoms with Gasteiger partial charge in [-0.25, -0.2) is 8.42 Å². The van der Waals surface area contributed by atoms with Crippen LogP contribution >= 0.6 is 0 Å². The van der Waals surface area contributed by atoms with E-state index in [1.54, 1.807) is 30.7 Å². The highest BCUT2D eigenvalue weighted by Crippen LogP contribution is 2.37. The summed E-state index contributed by atoms with van der Waals surface area (Å²) in [7, 11) is -2.63. The highest BCUT2D eigenvalue weighted by molar-refractivity contribution is 7.89. The largest absolute Gasteiger partial charge is 0.415 e. The number of hydrogen-bond donors (Lipinski definition) is 0. The molecule has 1 rings (SSSR count). The number of nitrogens with zero attached hydrogens (tertiary/aromatic N) is 1. The first-order valence-electron chi connectivity index (χ1n) is 11.0. The maximum atomic E-state index is 13.7. The van der Waals surface area contributed by atoms with E-state index in [0.717, 1.165) is 5.56 Å². The van der Waals surface area contributed by atoms with Gasteiger partial charge in [-0.05, 0) is 43.1 Å². The van der Waals surface area contributed by atoms with E-state index in [4.69, 9.17) is 13.9 Å². The van der Waals surface area contributed by atoms with Gasteiger partial charge < -0.3 is 13.9 Å². The second kappa shape index (κ2) is 11.4. The molecule has 0 saturated carbocycles. The molecule has 0 radical (unpaired) electrons. The molecule has 0 aliphatic rings. The maximum absolute atomic E-state index is 13.7. The van der Waals surface area contributed by atoms with E-state index in [0.29, 0.717) is 17.9 Å². The Kier molecular flexibility index (Phi) is 10.4. The van der Waals surface area contributed by atoms with Gasteiger partial charge in [0.05, 0.1) is 11.5 Å². The quantitative estimate of drug-likeness (QED) is 0.314. The lowest BCUT2D eigenvalue weighted by atomic mass is 10.1. The summed E-state index contributed by atoms with van der Waals surface area (Å²) in [5.41, 5.74) is 1.02. The van der Waals surface area contributed by atoms with Gasteiger partial charge in [-0.1, -0.05) is 52.3 Å². The van der Waals surface area contributed by atoms with E-state index >= 15 is 0 Å². The van der Waals surface area contributed by atoms with Crippen molar-refractivity contribution in [3.8, 4) is 0 Å². The van der Waals surface area contributed by atoms with E-state index in [1.807, 2.05) is 32.9 Å². The molecular formula is C23H43NO5SSi. The summed E-state index contributed by atoms with van der Waals surface area (Å²) in [6.45, 7) is 17.6. The van der Waals surface area contributed by atoms with Crippen LogP contribution in [0.2, 0.25) is 18.1 Å². The van der Waals surface area contributed by atoms with Crippen molar-refractivity contribution in [1.29, 1.82) is 0 Å². The molecule has 0 saturated heterocycles. The van der Waals surface area contributed by atoms with Gasteiger partial charge in [0.2, 0.25) is 10.0 Å². The van der Waals surface area contributed by atoms with Crippen LogP contribution in [0.25, 0.3) is 0 Å². The molecule has 0 N–H and O–H groups in total. The number of benzene rings is 1. The van der Waals surface area contributed by atoms with Crippen molar-refractivity contribution in [1.82, 2.24) is 4.31 Å². The Morgan fingerprint density at radius 2 is 1.55 bits per heavy atom. The zero-order valence-electron chi connectivity index (χ0n) is 21.1. The summed E-state index contributed by atoms with van der Waals surface area (Å²) in [4.78, 5) is 0.294. The molecule has 0 spiro atoms. The lowest BCUT2D eigenvalue weighted by molar-refractivity contribution is -0.108. The first-order valence-corrected chi connectivity index (χ1v) is 15.3. The van der Waals surface area contributed by atoms with E-state index in [9.17, 15) is 8.42 Å². The third-order valence-electron chi connectivity index (χ3n) is 6.30. The third kappa shape index (κ3) is 7.65. The number of ether oxygens (including phenoxy) is 2. The average Bonchev–Trinajstić information content (AvgIpc) is 2.66. The van der Waals surface area contributed by atoms with Crippen molar-refractivity contribution in [2.24, 2.45) is 5.92 Å². The number of sulfonamides is 1. The standard InChI is InChI=1S/C23H43NO5SSi/c1-18(2)21(17-29-31(9,10)23(4,5)6)24(16-15-22(27-7)28-8)30(25,26)20-13-11-19(3)12-14-20/h11-14,18,21-22H,15-17H2,1-10H3/t21-/m1/s1. The van der Waals surface area contributed by atoms with Crippen molar-refractivity contribution in [3.05, 3.63) is 29.8 Å². The Morgan fingerprint density at radius 1 is 1.03 bits per heavy atom. The summed E-state index contributed by atoms with van der Waals surface area (Å²) < 4.78 is 46.1. The number of methoxy groups -OCH3 is 2. The molecule has 0 amide bonds. The zero-order valence-corrected chi connectivity index (χ0v) is 22.9. The second-order valence-electron chi connectivity index (χ2n) is 10.0. The molecule has 0 aromatic heterocycles. The Labute approximate surface area is 191 Å². The summed E-state index contributed by atoms with van der Waals surface area (Å²) >= 11 is 0. The molecule has 1 atom stereocenters. The van der Waals surface area contributed by atoms with Crippen LogP contribution in [0.3, 0.4) is 0 Å². The minimum atomic E-state index is -3.72. The van der Waals surface area contributed by atoms with Gasteiger partial charge in [-0.15, -0.1) is 0 Å². The van der Waals surface area contributed by atoms with Crippen molar-refractivity contribution in [2.75, 3.05) is 27.4 Å². The van der Waals surface area contributed by atoms with Crippen molar-refractivity contribution in [2.45, 2.75) is 83.3 Å². The van der Waals surface area contributed by atoms with Crippen LogP contribution in [0.15, 0.2) is 29.2 Å². The molecular weight excluding hydrogens is 430 g/mol. The van der Waals surface area contributed by atoms with Crippen LogP contribution in [0.1, 0.15) is 46.6 Å². The Bertz CT molecular complexity index is 768. The number of rotatable bonds is 12. The molecule has 1 aromatic rings. The predicted octanol–water partition coefficient (Wildman–Crippen LogP) is 5.04. The SMILES string of the molecule is COC(CCN([C@H](CO[Si](C)(C)C(C)(C)C)C(C)C)S(=O)(=O)c1ccc(C)cc1)OC. The highest BCUT2D eigenvalue weighted by atomic mass is 32.2. The topological polar surface area (TPSA) is 65.1 Å². The average molecular weight is 474 g/mol. The monoisotopic (exact) mass is 473 g/mol. The molecule has 0 aliphatic carbocycles. The van der Waals surface area contributed by atoms with Crippen LogP contribution in [0, 0.1) is 12.8 Å². The van der Waals surface area contributed by atoms with Gasteiger partial charge in [-0.3, -0.25) is 0 Å². The fourth-order valence-corrected chi connectivity index (χ4v) is 5.77. The molecule has 1 aromatic carbocycles. The summed E-state index contributed by atoms with van der Waals surface area (Å²) in [5, 5.41) is 0.0480. The second-order valence-corrected chi connectivity index (χ2v) is 16.7. The lowest BCUT2D eigenvalue weighted by Gasteiger charge is -2.40. The third-order valence-corrected chi connectivity index (χ3v) is 12.7. The Morgan fingerprint density at radius 3 is 1.97 bits per heavy atom. The zero-order chi connectivity index (χ0) is 24.0. The highest BCUT2D eigenvalue weighted by Gasteiger charge is 2.40. The van der Waals surface area contributed by atoms with Crippen LogP contribution in [-0.2, 0) is 23.9 Å². The smallest absolute Gasteiger partial charge is 0.243 e. The molecule has 0 aliphatic heterocycles. The molecule has 0 heterocycles. The van der Waals surface area contributed by atoms with Gasteiger partial charge in [0.25, 0.3) is 0 Å². The van der Waals surface area contributed by atoms with Gasteiger partial charge >= 0.3 is 0 Å². The minimum absolute atomic E-state index is 0.0480. The minimum Gasteiger partial charge on any atom is -0.415 e. The molecule has 0 unspecified atom stereocenters. The fraction of sp³-hybridized carbons (Fsp3) is 0.739. The summed E-state index contributed by atoms with van der Waals surface area (Å²) in [6, 6.07) is 6.71. The molecule has 31 heavy (non-hydrogen) atoms. The molecule has 8 heteroatoms. The van der Waals surface area contributed by atoms with Gasteiger partial charge in [0.1, 0.15) is 0 Å². The molecule has 0 fully saturated rings. The van der Waals surface area contributed by atoms with Crippen molar-refractivity contribution >= 4 is 18.3 Å². The van der Waals surface area contributed by atoms with E-state index in [-0.39, 0.29) is 23.5 Å². The van der Waals surface area contributed by atoms with E-state index in [2.05, 4.69) is 33.9 Å². The molecule has 180 valence electrons. The lowest BCUT2D eigenvalue weighted by Crippen LogP contribution is -2.50. The van der Waals surface area contributed by atoms with Crippen molar-refractivity contribution in [3.63, 3.8) is 0 Å². The Hall–Kier alpha value is -0.773. The van der Waals surface area contributed by atoms with Crippen LogP contribution < -0.4 is 0 Å². The van der Waals surface area contributed by atoms with E-state index in [1.165, 1.54) is 0 Å². The number of aryl methyl sites for hydroxylation is 1. The number of hydrogen-bond acceptors (Lipinski definition) is 5. The summed E-state index contributed by atoms with van der Waals surface area (Å²) in [5.74, 6) is 0.0773. The van der Waals surface area contributed by atoms with Crippen LogP contribution in [0.4, 0.5) is 0 Å². The molecule has 0 bridgehead atoms.